The summed E-state index contributed by atoms with van der Waals surface area (Å²) in [6, 6.07) is 1.75. The van der Waals surface area contributed by atoms with Gasteiger partial charge >= 0.3 is 0 Å². The molecule has 1 heterocycles. The number of hydrogen-bond acceptors (Lipinski definition) is 1. The summed E-state index contributed by atoms with van der Waals surface area (Å²) in [5, 5.41) is 0. The van der Waals surface area contributed by atoms with Crippen LogP contribution in [0.25, 0.3) is 0 Å². The van der Waals surface area contributed by atoms with Crippen LogP contribution in [0.3, 0.4) is 0 Å². The van der Waals surface area contributed by atoms with Gasteiger partial charge in [0.1, 0.15) is 0 Å². The minimum absolute atomic E-state index is 0.344. The molecule has 98 valence electrons. The molecule has 1 fully saturated rings. The minimum atomic E-state index is -1.60. The number of carbonyl (C=O) groups is 1. The monoisotopic (exact) mass is 321 g/mol. The Balaban J connectivity index is 2.21. The van der Waals surface area contributed by atoms with E-state index in [9.17, 15) is 18.0 Å². The van der Waals surface area contributed by atoms with Crippen molar-refractivity contribution in [3.63, 3.8) is 0 Å². The van der Waals surface area contributed by atoms with Gasteiger partial charge in [0.15, 0.2) is 17.5 Å². The molecule has 0 unspecified atom stereocenters. The highest BCUT2D eigenvalue weighted by molar-refractivity contribution is 9.09. The Kier molecular flexibility index (Phi) is 3.94. The second-order valence-electron chi connectivity index (χ2n) is 4.19. The lowest BCUT2D eigenvalue weighted by Gasteiger charge is -2.29. The zero-order chi connectivity index (χ0) is 13.3. The van der Waals surface area contributed by atoms with Crippen molar-refractivity contribution >= 4 is 21.8 Å². The zero-order valence-electron chi connectivity index (χ0n) is 9.43. The molecule has 0 radical (unpaired) electrons. The summed E-state index contributed by atoms with van der Waals surface area (Å²) in [4.78, 5) is 13.8. The first-order chi connectivity index (χ1) is 8.50. The highest BCUT2D eigenvalue weighted by atomic mass is 79.9. The van der Waals surface area contributed by atoms with E-state index in [-0.39, 0.29) is 0 Å². The van der Waals surface area contributed by atoms with E-state index in [1.165, 1.54) is 4.90 Å². The molecule has 1 aliphatic rings. The summed E-state index contributed by atoms with van der Waals surface area (Å²) in [7, 11) is 0. The van der Waals surface area contributed by atoms with Crippen molar-refractivity contribution in [3.8, 4) is 0 Å². The van der Waals surface area contributed by atoms with Crippen LogP contribution in [0.2, 0.25) is 0 Å². The summed E-state index contributed by atoms with van der Waals surface area (Å²) in [5.74, 6) is -4.90. The summed E-state index contributed by atoms with van der Waals surface area (Å²) < 4.78 is 39.3. The van der Waals surface area contributed by atoms with Crippen LogP contribution < -0.4 is 0 Å². The number of benzene rings is 1. The molecule has 1 aromatic rings. The van der Waals surface area contributed by atoms with Gasteiger partial charge in [0, 0.05) is 17.9 Å². The molecule has 0 saturated carbocycles. The van der Waals surface area contributed by atoms with Crippen molar-refractivity contribution in [2.75, 3.05) is 13.1 Å². The Hall–Kier alpha value is -1.04. The van der Waals surface area contributed by atoms with Gasteiger partial charge in [-0.1, -0.05) is 15.9 Å². The molecule has 1 amide bonds. The third-order valence-electron chi connectivity index (χ3n) is 2.98. The molecule has 18 heavy (non-hydrogen) atoms. The number of carbonyl (C=O) groups excluding carboxylic acids is 1. The van der Waals surface area contributed by atoms with Gasteiger partial charge in [0.05, 0.1) is 5.56 Å². The van der Waals surface area contributed by atoms with Crippen molar-refractivity contribution < 1.29 is 18.0 Å². The highest BCUT2D eigenvalue weighted by Crippen LogP contribution is 2.21. The molecular formula is C12H11BrF3NO. The summed E-state index contributed by atoms with van der Waals surface area (Å²) in [5.41, 5.74) is -0.415. The van der Waals surface area contributed by atoms with Crippen LogP contribution in [0, 0.1) is 17.5 Å². The first-order valence-electron chi connectivity index (χ1n) is 5.57. The predicted octanol–water partition coefficient (Wildman–Crippen LogP) is 3.10. The molecule has 0 spiro atoms. The molecule has 2 rings (SSSR count). The lowest BCUT2D eigenvalue weighted by Crippen LogP contribution is -2.39. The van der Waals surface area contributed by atoms with Crippen molar-refractivity contribution in [3.05, 3.63) is 35.1 Å². The van der Waals surface area contributed by atoms with E-state index in [0.717, 1.165) is 25.0 Å². The Morgan fingerprint density at radius 1 is 1.17 bits per heavy atom. The van der Waals surface area contributed by atoms with Gasteiger partial charge in [-0.15, -0.1) is 0 Å². The lowest BCUT2D eigenvalue weighted by atomic mass is 10.1. The average Bonchev–Trinajstić information content (AvgIpc) is 2.36. The van der Waals surface area contributed by atoms with E-state index < -0.39 is 28.9 Å². The largest absolute Gasteiger partial charge is 0.338 e. The van der Waals surface area contributed by atoms with Crippen LogP contribution in [0.15, 0.2) is 12.1 Å². The topological polar surface area (TPSA) is 20.3 Å². The second kappa shape index (κ2) is 5.30. The van der Waals surface area contributed by atoms with E-state index in [1.54, 1.807) is 0 Å². The van der Waals surface area contributed by atoms with Gasteiger partial charge in [0.25, 0.3) is 5.91 Å². The molecule has 6 heteroatoms. The number of halogens is 4. The van der Waals surface area contributed by atoms with Crippen LogP contribution in [0.4, 0.5) is 13.2 Å². The van der Waals surface area contributed by atoms with Gasteiger partial charge in [-0.05, 0) is 25.0 Å². The van der Waals surface area contributed by atoms with E-state index in [0.29, 0.717) is 17.9 Å². The number of piperidine rings is 1. The number of nitrogens with zero attached hydrogens (tertiary/aromatic N) is 1. The van der Waals surface area contributed by atoms with E-state index in [1.807, 2.05) is 0 Å². The van der Waals surface area contributed by atoms with Gasteiger partial charge < -0.3 is 4.90 Å². The first-order valence-corrected chi connectivity index (χ1v) is 6.49. The quantitative estimate of drug-likeness (QED) is 0.575. The van der Waals surface area contributed by atoms with Crippen molar-refractivity contribution in [1.29, 1.82) is 0 Å². The maximum absolute atomic E-state index is 13.5. The zero-order valence-corrected chi connectivity index (χ0v) is 11.0. The SMILES string of the molecule is O=C(c1ccc(F)c(F)c1F)N1CCC(Br)CC1. The number of amides is 1. The van der Waals surface area contributed by atoms with E-state index >= 15 is 0 Å². The fraction of sp³-hybridized carbons (Fsp3) is 0.417. The normalized spacial score (nSPS) is 17.0. The molecule has 0 atom stereocenters. The van der Waals surface area contributed by atoms with Gasteiger partial charge in [-0.2, -0.15) is 0 Å². The molecule has 1 aliphatic heterocycles. The number of alkyl halides is 1. The van der Waals surface area contributed by atoms with Gasteiger partial charge in [0.2, 0.25) is 0 Å². The molecular weight excluding hydrogens is 311 g/mol. The smallest absolute Gasteiger partial charge is 0.256 e. The molecule has 2 nitrogen and oxygen atoms in total. The van der Waals surface area contributed by atoms with Crippen molar-refractivity contribution in [2.24, 2.45) is 0 Å². The van der Waals surface area contributed by atoms with Gasteiger partial charge in [-0.25, -0.2) is 13.2 Å². The summed E-state index contributed by atoms with van der Waals surface area (Å²) >= 11 is 3.44. The Morgan fingerprint density at radius 3 is 2.39 bits per heavy atom. The van der Waals surface area contributed by atoms with Crippen LogP contribution >= 0.6 is 15.9 Å². The lowest BCUT2D eigenvalue weighted by molar-refractivity contribution is 0.0722. The molecule has 0 N–H and O–H groups in total. The molecule has 1 saturated heterocycles. The third-order valence-corrected chi connectivity index (χ3v) is 3.89. The maximum atomic E-state index is 13.5. The number of rotatable bonds is 1. The maximum Gasteiger partial charge on any atom is 0.256 e. The highest BCUT2D eigenvalue weighted by Gasteiger charge is 2.26. The van der Waals surface area contributed by atoms with Gasteiger partial charge in [-0.3, -0.25) is 4.79 Å². The average molecular weight is 322 g/mol. The first kappa shape index (κ1) is 13.4. The Morgan fingerprint density at radius 2 is 1.78 bits per heavy atom. The van der Waals surface area contributed by atoms with Crippen LogP contribution in [0.1, 0.15) is 23.2 Å². The summed E-state index contributed by atoms with van der Waals surface area (Å²) in [6.07, 6.45) is 1.52. The van der Waals surface area contributed by atoms with Crippen molar-refractivity contribution in [1.82, 2.24) is 4.90 Å². The fourth-order valence-electron chi connectivity index (χ4n) is 1.91. The molecule has 1 aromatic carbocycles. The van der Waals surface area contributed by atoms with E-state index in [4.69, 9.17) is 0 Å². The third kappa shape index (κ3) is 2.53. The van der Waals surface area contributed by atoms with Crippen molar-refractivity contribution in [2.45, 2.75) is 17.7 Å². The van der Waals surface area contributed by atoms with Crippen LogP contribution in [0.5, 0.6) is 0 Å². The molecule has 0 aliphatic carbocycles. The Bertz CT molecular complexity index is 473. The van der Waals surface area contributed by atoms with Crippen LogP contribution in [-0.2, 0) is 0 Å². The molecule has 0 aromatic heterocycles. The van der Waals surface area contributed by atoms with Crippen LogP contribution in [-0.4, -0.2) is 28.7 Å². The molecule has 0 bridgehead atoms. The Labute approximate surface area is 111 Å². The summed E-state index contributed by atoms with van der Waals surface area (Å²) in [6.45, 7) is 0.959. The number of hydrogen-bond donors (Lipinski definition) is 0. The standard InChI is InChI=1S/C12H11BrF3NO/c13-7-3-5-17(6-4-7)12(18)8-1-2-9(14)11(16)10(8)15/h1-2,7H,3-6H2. The minimum Gasteiger partial charge on any atom is -0.338 e. The fourth-order valence-corrected chi connectivity index (χ4v) is 2.32. The number of likely N-dealkylation sites (tertiary alicyclic amines) is 1. The predicted molar refractivity (Wildman–Crippen MR) is 64.2 cm³/mol. The van der Waals surface area contributed by atoms with E-state index in [2.05, 4.69) is 15.9 Å². The second-order valence-corrected chi connectivity index (χ2v) is 5.48.